The van der Waals surface area contributed by atoms with Gasteiger partial charge in [-0.3, -0.25) is 14.8 Å². The van der Waals surface area contributed by atoms with E-state index in [-0.39, 0.29) is 0 Å². The van der Waals surface area contributed by atoms with Crippen LogP contribution in [-0.2, 0) is 9.53 Å². The highest BCUT2D eigenvalue weighted by Crippen LogP contribution is 2.22. The minimum absolute atomic E-state index is 0.389. The van der Waals surface area contributed by atoms with E-state index in [1.165, 1.54) is 0 Å². The van der Waals surface area contributed by atoms with Crippen LogP contribution in [0.3, 0.4) is 0 Å². The van der Waals surface area contributed by atoms with Crippen molar-refractivity contribution >= 4 is 24.4 Å². The number of nitrogens with one attached hydrogen (secondary N) is 1. The highest BCUT2D eigenvalue weighted by molar-refractivity contribution is 6.15. The molecule has 0 aliphatic heterocycles. The summed E-state index contributed by atoms with van der Waals surface area (Å²) in [5.41, 5.74) is 4.33. The normalized spacial score (nSPS) is 12.3. The number of ether oxygens (including phenoxy) is 1. The molecule has 0 aromatic heterocycles. The zero-order valence-electron chi connectivity index (χ0n) is 19.8. The average molecular weight is 434 g/mol. The molecule has 0 radical (unpaired) electrons. The molecule has 0 aliphatic carbocycles. The Bertz CT molecular complexity index is 904. The SMILES string of the molecule is C=N/C(C=O)=C\C.CN=C(/C(OCCC(C)C)=C(\NC)c1ccccc1)c1ccccc1. The molecule has 0 fully saturated rings. The number of hydrogen-bond donors (Lipinski definition) is 1. The van der Waals surface area contributed by atoms with Crippen molar-refractivity contribution in [1.29, 1.82) is 0 Å². The molecule has 2 rings (SSSR count). The molecule has 0 bridgehead atoms. The Balaban J connectivity index is 0.000000633. The minimum Gasteiger partial charge on any atom is -0.489 e. The quantitative estimate of drug-likeness (QED) is 0.231. The molecule has 0 spiro atoms. The minimum atomic E-state index is 0.389. The Labute approximate surface area is 192 Å². The third kappa shape index (κ3) is 8.72. The molecule has 5 nitrogen and oxygen atoms in total. The number of allylic oxidation sites excluding steroid dienone is 3. The maximum Gasteiger partial charge on any atom is 0.168 e. The topological polar surface area (TPSA) is 63.0 Å². The van der Waals surface area contributed by atoms with Gasteiger partial charge >= 0.3 is 0 Å². The molecule has 0 saturated carbocycles. The molecular formula is C27H35N3O2. The lowest BCUT2D eigenvalue weighted by molar-refractivity contribution is -0.104. The van der Waals surface area contributed by atoms with Gasteiger partial charge in [0.05, 0.1) is 18.0 Å². The Morgan fingerprint density at radius 2 is 1.62 bits per heavy atom. The van der Waals surface area contributed by atoms with Crippen molar-refractivity contribution in [3.8, 4) is 0 Å². The van der Waals surface area contributed by atoms with E-state index in [0.717, 1.165) is 34.7 Å². The maximum absolute atomic E-state index is 9.77. The van der Waals surface area contributed by atoms with Crippen molar-refractivity contribution in [3.05, 3.63) is 89.3 Å². The molecule has 2 aromatic carbocycles. The van der Waals surface area contributed by atoms with Gasteiger partial charge in [0, 0.05) is 25.2 Å². The summed E-state index contributed by atoms with van der Waals surface area (Å²) >= 11 is 0. The van der Waals surface area contributed by atoms with Crippen molar-refractivity contribution in [2.45, 2.75) is 27.2 Å². The summed E-state index contributed by atoms with van der Waals surface area (Å²) < 4.78 is 6.25. The predicted molar refractivity (Wildman–Crippen MR) is 136 cm³/mol. The van der Waals surface area contributed by atoms with Crippen LogP contribution in [0.1, 0.15) is 38.3 Å². The summed E-state index contributed by atoms with van der Waals surface area (Å²) in [6, 6.07) is 20.4. The van der Waals surface area contributed by atoms with Gasteiger partial charge in [0.15, 0.2) is 12.0 Å². The summed E-state index contributed by atoms with van der Waals surface area (Å²) in [6.07, 6.45) is 3.26. The fourth-order valence-corrected chi connectivity index (χ4v) is 2.80. The van der Waals surface area contributed by atoms with Crippen LogP contribution in [0.5, 0.6) is 0 Å². The van der Waals surface area contributed by atoms with Gasteiger partial charge in [-0.05, 0) is 26.0 Å². The lowest BCUT2D eigenvalue weighted by Crippen LogP contribution is -2.18. The maximum atomic E-state index is 9.77. The summed E-state index contributed by atoms with van der Waals surface area (Å²) in [6.45, 7) is 9.96. The van der Waals surface area contributed by atoms with Gasteiger partial charge in [0.25, 0.3) is 0 Å². The van der Waals surface area contributed by atoms with Crippen molar-refractivity contribution in [2.24, 2.45) is 15.9 Å². The third-order valence-corrected chi connectivity index (χ3v) is 4.57. The van der Waals surface area contributed by atoms with Gasteiger partial charge < -0.3 is 10.1 Å². The summed E-state index contributed by atoms with van der Waals surface area (Å²) in [5, 5.41) is 3.31. The van der Waals surface area contributed by atoms with E-state index in [2.05, 4.69) is 60.1 Å². The second-order valence-electron chi connectivity index (χ2n) is 7.28. The Kier molecular flexibility index (Phi) is 12.7. The van der Waals surface area contributed by atoms with E-state index in [1.54, 1.807) is 13.0 Å². The van der Waals surface area contributed by atoms with E-state index >= 15 is 0 Å². The van der Waals surface area contributed by atoms with Gasteiger partial charge in [-0.15, -0.1) is 0 Å². The number of rotatable bonds is 10. The lowest BCUT2D eigenvalue weighted by atomic mass is 10.0. The fourth-order valence-electron chi connectivity index (χ4n) is 2.80. The van der Waals surface area contributed by atoms with Crippen LogP contribution < -0.4 is 5.32 Å². The molecule has 170 valence electrons. The number of hydrogen-bond acceptors (Lipinski definition) is 5. The van der Waals surface area contributed by atoms with Gasteiger partial charge in [-0.1, -0.05) is 80.6 Å². The number of aldehydes is 1. The van der Waals surface area contributed by atoms with Crippen molar-refractivity contribution in [1.82, 2.24) is 5.32 Å². The van der Waals surface area contributed by atoms with Crippen LogP contribution in [0.25, 0.3) is 5.70 Å². The second kappa shape index (κ2) is 15.3. The summed E-state index contributed by atoms with van der Waals surface area (Å²) in [5.74, 6) is 1.39. The van der Waals surface area contributed by atoms with Crippen molar-refractivity contribution < 1.29 is 9.53 Å². The van der Waals surface area contributed by atoms with E-state index < -0.39 is 0 Å². The molecular weight excluding hydrogens is 398 g/mol. The molecule has 0 atom stereocenters. The standard InChI is InChI=1S/C22H28N2O.C5H7NO/c1-17(2)15-16-25-22(20(23-3)18-11-7-5-8-12-18)21(24-4)19-13-9-6-10-14-19;1-3-5(4-7)6-2/h5-14,17,23H,15-16H2,1-4H3;3-4H,2H2,1H3/b22-20+,24-21?;5-3-. The third-order valence-electron chi connectivity index (χ3n) is 4.57. The molecule has 0 heterocycles. The first-order valence-corrected chi connectivity index (χ1v) is 10.7. The Morgan fingerprint density at radius 1 is 1.06 bits per heavy atom. The van der Waals surface area contributed by atoms with Crippen molar-refractivity contribution in [3.63, 3.8) is 0 Å². The monoisotopic (exact) mass is 433 g/mol. The molecule has 1 N–H and O–H groups in total. The Morgan fingerprint density at radius 3 is 2.00 bits per heavy atom. The van der Waals surface area contributed by atoms with Gasteiger partial charge in [0.2, 0.25) is 0 Å². The number of benzene rings is 2. The number of nitrogens with zero attached hydrogens (tertiary/aromatic N) is 2. The largest absolute Gasteiger partial charge is 0.489 e. The molecule has 2 aromatic rings. The number of carbonyl (C=O) groups is 1. The zero-order chi connectivity index (χ0) is 23.8. The van der Waals surface area contributed by atoms with E-state index in [1.807, 2.05) is 50.5 Å². The molecule has 0 aliphatic rings. The fraction of sp³-hybridized carbons (Fsp3) is 0.296. The highest BCUT2D eigenvalue weighted by Gasteiger charge is 2.17. The number of aliphatic imine (C=N–C) groups is 2. The summed E-state index contributed by atoms with van der Waals surface area (Å²) in [7, 11) is 3.73. The van der Waals surface area contributed by atoms with Crippen LogP contribution in [0.15, 0.2) is 88.2 Å². The first kappa shape index (κ1) is 26.6. The van der Waals surface area contributed by atoms with E-state index in [9.17, 15) is 4.79 Å². The molecule has 32 heavy (non-hydrogen) atoms. The van der Waals surface area contributed by atoms with E-state index in [0.29, 0.717) is 24.5 Å². The van der Waals surface area contributed by atoms with Crippen LogP contribution in [0.2, 0.25) is 0 Å². The number of carbonyl (C=O) groups excluding carboxylic acids is 1. The van der Waals surface area contributed by atoms with Gasteiger partial charge in [0.1, 0.15) is 5.71 Å². The predicted octanol–water partition coefficient (Wildman–Crippen LogP) is 5.55. The van der Waals surface area contributed by atoms with Gasteiger partial charge in [-0.2, -0.15) is 0 Å². The molecule has 0 unspecified atom stereocenters. The van der Waals surface area contributed by atoms with Crippen molar-refractivity contribution in [2.75, 3.05) is 20.7 Å². The van der Waals surface area contributed by atoms with Crippen LogP contribution in [0.4, 0.5) is 0 Å². The van der Waals surface area contributed by atoms with Crippen LogP contribution >= 0.6 is 0 Å². The van der Waals surface area contributed by atoms with Crippen LogP contribution in [0, 0.1) is 5.92 Å². The average Bonchev–Trinajstić information content (AvgIpc) is 2.82. The molecule has 0 amide bonds. The zero-order valence-corrected chi connectivity index (χ0v) is 19.8. The smallest absolute Gasteiger partial charge is 0.168 e. The first-order chi connectivity index (χ1) is 15.5. The Hall–Kier alpha value is -3.47. The summed E-state index contributed by atoms with van der Waals surface area (Å²) in [4.78, 5) is 17.7. The highest BCUT2D eigenvalue weighted by atomic mass is 16.5. The van der Waals surface area contributed by atoms with Crippen LogP contribution in [-0.4, -0.2) is 39.4 Å². The molecule has 0 saturated heterocycles. The molecule has 5 heteroatoms. The first-order valence-electron chi connectivity index (χ1n) is 10.7. The second-order valence-corrected chi connectivity index (χ2v) is 7.28. The lowest BCUT2D eigenvalue weighted by Gasteiger charge is -2.19. The van der Waals surface area contributed by atoms with E-state index in [4.69, 9.17) is 4.74 Å². The van der Waals surface area contributed by atoms with Gasteiger partial charge in [-0.25, -0.2) is 0 Å².